The van der Waals surface area contributed by atoms with Crippen LogP contribution in [0.15, 0.2) is 0 Å². The van der Waals surface area contributed by atoms with Gasteiger partial charge in [-0.3, -0.25) is 0 Å². The summed E-state index contributed by atoms with van der Waals surface area (Å²) in [5.41, 5.74) is 0. The molecule has 3 nitrogen and oxygen atoms in total. The Kier molecular flexibility index (Phi) is 4.06. The highest BCUT2D eigenvalue weighted by Crippen LogP contribution is 2.22. The number of nitrogens with one attached hydrogen (secondary N) is 1. The predicted octanol–water partition coefficient (Wildman–Crippen LogP) is 1.98. The molecule has 0 bridgehead atoms. The molecule has 13 heavy (non-hydrogen) atoms. The molecule has 1 rings (SSSR count). The van der Waals surface area contributed by atoms with E-state index in [9.17, 15) is 4.79 Å². The summed E-state index contributed by atoms with van der Waals surface area (Å²) in [6, 6.07) is 0.563. The number of urea groups is 1. The van der Waals surface area contributed by atoms with E-state index in [4.69, 9.17) is 0 Å². The second kappa shape index (κ2) is 5.10. The Balaban J connectivity index is 2.48. The van der Waals surface area contributed by atoms with Crippen molar-refractivity contribution in [2.45, 2.75) is 45.1 Å². The predicted molar refractivity (Wildman–Crippen MR) is 53.7 cm³/mol. The van der Waals surface area contributed by atoms with Crippen molar-refractivity contribution in [3.63, 3.8) is 0 Å². The highest BCUT2D eigenvalue weighted by molar-refractivity contribution is 5.74. The quantitative estimate of drug-likeness (QED) is 0.699. The van der Waals surface area contributed by atoms with Crippen molar-refractivity contribution in [2.24, 2.45) is 0 Å². The van der Waals surface area contributed by atoms with Crippen LogP contribution in [-0.2, 0) is 0 Å². The third-order valence-corrected chi connectivity index (χ3v) is 2.83. The molecule has 0 spiro atoms. The number of rotatable bonds is 2. The van der Waals surface area contributed by atoms with Crippen molar-refractivity contribution in [1.82, 2.24) is 10.2 Å². The van der Waals surface area contributed by atoms with Gasteiger partial charge >= 0.3 is 6.03 Å². The molecule has 76 valence electrons. The van der Waals surface area contributed by atoms with Crippen LogP contribution in [0.3, 0.4) is 0 Å². The zero-order valence-corrected chi connectivity index (χ0v) is 8.68. The number of nitrogens with zero attached hydrogens (tertiary/aromatic N) is 1. The lowest BCUT2D eigenvalue weighted by atomic mass is 9.94. The molecule has 1 saturated carbocycles. The van der Waals surface area contributed by atoms with Gasteiger partial charge in [0.2, 0.25) is 0 Å². The van der Waals surface area contributed by atoms with E-state index in [2.05, 4.69) is 5.32 Å². The summed E-state index contributed by atoms with van der Waals surface area (Å²) in [7, 11) is 1.70. The van der Waals surface area contributed by atoms with Gasteiger partial charge in [0.15, 0.2) is 0 Å². The Bertz CT molecular complexity index is 164. The van der Waals surface area contributed by atoms with Crippen LogP contribution in [0.1, 0.15) is 39.0 Å². The topological polar surface area (TPSA) is 32.3 Å². The summed E-state index contributed by atoms with van der Waals surface area (Å²) >= 11 is 0. The Labute approximate surface area is 80.5 Å². The van der Waals surface area contributed by atoms with Gasteiger partial charge in [0.25, 0.3) is 0 Å². The van der Waals surface area contributed by atoms with Crippen molar-refractivity contribution < 1.29 is 4.79 Å². The minimum Gasteiger partial charge on any atom is -0.341 e. The summed E-state index contributed by atoms with van der Waals surface area (Å²) in [6.45, 7) is 2.87. The standard InChI is InChI=1S/C10H20N2O/c1-3-12(10(13)11-2)9-7-5-4-6-8-9/h9H,3-8H2,1-2H3,(H,11,13). The van der Waals surface area contributed by atoms with Gasteiger partial charge in [0, 0.05) is 19.6 Å². The molecule has 0 radical (unpaired) electrons. The summed E-state index contributed by atoms with van der Waals surface area (Å²) in [5.74, 6) is 0. The van der Waals surface area contributed by atoms with E-state index in [1.165, 1.54) is 32.1 Å². The fourth-order valence-electron chi connectivity index (χ4n) is 2.10. The molecule has 1 aliphatic carbocycles. The summed E-state index contributed by atoms with van der Waals surface area (Å²) in [6.07, 6.45) is 6.25. The number of hydrogen-bond acceptors (Lipinski definition) is 1. The molecule has 1 N–H and O–H groups in total. The van der Waals surface area contributed by atoms with Gasteiger partial charge in [-0.05, 0) is 19.8 Å². The van der Waals surface area contributed by atoms with E-state index in [0.717, 1.165) is 6.54 Å². The van der Waals surface area contributed by atoms with Gasteiger partial charge in [-0.1, -0.05) is 19.3 Å². The molecular weight excluding hydrogens is 164 g/mol. The second-order valence-corrected chi connectivity index (χ2v) is 3.63. The van der Waals surface area contributed by atoms with Crippen molar-refractivity contribution in [3.05, 3.63) is 0 Å². The molecule has 2 amide bonds. The highest BCUT2D eigenvalue weighted by Gasteiger charge is 2.22. The normalized spacial score (nSPS) is 18.3. The Morgan fingerprint density at radius 1 is 1.38 bits per heavy atom. The summed E-state index contributed by atoms with van der Waals surface area (Å²) < 4.78 is 0. The smallest absolute Gasteiger partial charge is 0.317 e. The monoisotopic (exact) mass is 184 g/mol. The molecule has 3 heteroatoms. The maximum absolute atomic E-state index is 11.5. The van der Waals surface area contributed by atoms with E-state index in [-0.39, 0.29) is 6.03 Å². The van der Waals surface area contributed by atoms with E-state index in [1.807, 2.05) is 11.8 Å². The van der Waals surface area contributed by atoms with Crippen molar-refractivity contribution >= 4 is 6.03 Å². The fraction of sp³-hybridized carbons (Fsp3) is 0.900. The molecule has 0 heterocycles. The minimum atomic E-state index is 0.0781. The van der Waals surface area contributed by atoms with Crippen molar-refractivity contribution in [2.75, 3.05) is 13.6 Å². The van der Waals surface area contributed by atoms with Gasteiger partial charge in [-0.2, -0.15) is 0 Å². The van der Waals surface area contributed by atoms with Crippen molar-refractivity contribution in [1.29, 1.82) is 0 Å². The lowest BCUT2D eigenvalue weighted by molar-refractivity contribution is 0.161. The number of carbonyl (C=O) groups is 1. The van der Waals surface area contributed by atoms with Gasteiger partial charge in [-0.15, -0.1) is 0 Å². The molecule has 0 saturated heterocycles. The zero-order chi connectivity index (χ0) is 9.68. The highest BCUT2D eigenvalue weighted by atomic mass is 16.2. The van der Waals surface area contributed by atoms with Crippen LogP contribution in [0.4, 0.5) is 4.79 Å². The zero-order valence-electron chi connectivity index (χ0n) is 8.68. The van der Waals surface area contributed by atoms with Gasteiger partial charge in [0.05, 0.1) is 0 Å². The lowest BCUT2D eigenvalue weighted by Crippen LogP contribution is -2.45. The average molecular weight is 184 g/mol. The summed E-state index contributed by atoms with van der Waals surface area (Å²) in [5, 5.41) is 2.70. The van der Waals surface area contributed by atoms with E-state index >= 15 is 0 Å². The SMILES string of the molecule is CCN(C(=O)NC)C1CCCCC1. The van der Waals surface area contributed by atoms with Crippen LogP contribution in [0.5, 0.6) is 0 Å². The van der Waals surface area contributed by atoms with Crippen LogP contribution in [0.2, 0.25) is 0 Å². The number of amides is 2. The molecular formula is C10H20N2O. The molecule has 1 fully saturated rings. The second-order valence-electron chi connectivity index (χ2n) is 3.63. The fourth-order valence-corrected chi connectivity index (χ4v) is 2.10. The molecule has 0 aliphatic heterocycles. The number of hydrogen-bond donors (Lipinski definition) is 1. The van der Waals surface area contributed by atoms with E-state index in [1.54, 1.807) is 7.05 Å². The molecule has 0 aromatic heterocycles. The Morgan fingerprint density at radius 3 is 2.46 bits per heavy atom. The maximum atomic E-state index is 11.5. The first kappa shape index (κ1) is 10.4. The largest absolute Gasteiger partial charge is 0.341 e. The van der Waals surface area contributed by atoms with Crippen LogP contribution >= 0.6 is 0 Å². The summed E-state index contributed by atoms with van der Waals surface area (Å²) in [4.78, 5) is 13.4. The Hall–Kier alpha value is -0.730. The first-order valence-electron chi connectivity index (χ1n) is 5.28. The van der Waals surface area contributed by atoms with Crippen LogP contribution in [0.25, 0.3) is 0 Å². The van der Waals surface area contributed by atoms with Crippen LogP contribution in [-0.4, -0.2) is 30.6 Å². The Morgan fingerprint density at radius 2 is 2.00 bits per heavy atom. The molecule has 0 aromatic carbocycles. The van der Waals surface area contributed by atoms with Crippen LogP contribution < -0.4 is 5.32 Å². The molecule has 1 aliphatic rings. The molecule has 0 atom stereocenters. The van der Waals surface area contributed by atoms with Gasteiger partial charge in [0.1, 0.15) is 0 Å². The lowest BCUT2D eigenvalue weighted by Gasteiger charge is -2.33. The maximum Gasteiger partial charge on any atom is 0.317 e. The van der Waals surface area contributed by atoms with Crippen molar-refractivity contribution in [3.8, 4) is 0 Å². The van der Waals surface area contributed by atoms with E-state index < -0.39 is 0 Å². The average Bonchev–Trinajstić information content (AvgIpc) is 2.20. The first-order chi connectivity index (χ1) is 6.29. The molecule has 0 unspecified atom stereocenters. The van der Waals surface area contributed by atoms with Gasteiger partial charge < -0.3 is 10.2 Å². The molecule has 0 aromatic rings. The third-order valence-electron chi connectivity index (χ3n) is 2.83. The van der Waals surface area contributed by atoms with E-state index in [0.29, 0.717) is 6.04 Å². The van der Waals surface area contributed by atoms with Crippen LogP contribution in [0, 0.1) is 0 Å². The number of carbonyl (C=O) groups excluding carboxylic acids is 1. The third kappa shape index (κ3) is 2.61. The van der Waals surface area contributed by atoms with Gasteiger partial charge in [-0.25, -0.2) is 4.79 Å². The minimum absolute atomic E-state index is 0.0781. The first-order valence-corrected chi connectivity index (χ1v) is 5.28.